The van der Waals surface area contributed by atoms with Gasteiger partial charge in [-0.25, -0.2) is 0 Å². The number of benzene rings is 2. The Balaban J connectivity index is 1.21. The van der Waals surface area contributed by atoms with Crippen LogP contribution < -0.4 is 19.7 Å². The molecule has 2 aromatic carbocycles. The number of amides is 2. The van der Waals surface area contributed by atoms with Gasteiger partial charge in [0, 0.05) is 30.6 Å². The smallest absolute Gasteiger partial charge is 0.250 e. The highest BCUT2D eigenvalue weighted by Crippen LogP contribution is 2.34. The summed E-state index contributed by atoms with van der Waals surface area (Å²) in [5, 5.41) is 12.1. The van der Waals surface area contributed by atoms with Crippen molar-refractivity contribution in [2.24, 2.45) is 0 Å². The van der Waals surface area contributed by atoms with Gasteiger partial charge in [-0.05, 0) is 35.9 Å². The first-order valence-corrected chi connectivity index (χ1v) is 10.5. The molecule has 5 rings (SSSR count). The van der Waals surface area contributed by atoms with Gasteiger partial charge in [-0.2, -0.15) is 0 Å². The van der Waals surface area contributed by atoms with E-state index in [4.69, 9.17) is 9.47 Å². The van der Waals surface area contributed by atoms with Crippen LogP contribution in [0, 0.1) is 0 Å². The molecule has 31 heavy (non-hydrogen) atoms. The number of hydrogen-bond acceptors (Lipinski definition) is 7. The van der Waals surface area contributed by atoms with E-state index in [1.807, 2.05) is 42.5 Å². The van der Waals surface area contributed by atoms with Crippen molar-refractivity contribution >= 4 is 40.0 Å². The second kappa shape index (κ2) is 8.19. The van der Waals surface area contributed by atoms with Crippen LogP contribution in [0.25, 0.3) is 6.08 Å². The predicted octanol–water partition coefficient (Wildman–Crippen LogP) is 3.44. The van der Waals surface area contributed by atoms with Gasteiger partial charge in [0.1, 0.15) is 5.01 Å². The first-order chi connectivity index (χ1) is 15.2. The number of para-hydroxylation sites is 1. The molecule has 156 valence electrons. The van der Waals surface area contributed by atoms with Crippen LogP contribution in [0.5, 0.6) is 11.5 Å². The molecule has 1 atom stereocenters. The van der Waals surface area contributed by atoms with Gasteiger partial charge < -0.3 is 14.4 Å². The van der Waals surface area contributed by atoms with Crippen molar-refractivity contribution in [2.75, 3.05) is 23.6 Å². The number of fused-ring (bicyclic) bond motifs is 1. The number of carbonyl (C=O) groups is 2. The lowest BCUT2D eigenvalue weighted by Gasteiger charge is -2.15. The van der Waals surface area contributed by atoms with Crippen molar-refractivity contribution in [2.45, 2.75) is 12.3 Å². The van der Waals surface area contributed by atoms with E-state index in [0.717, 1.165) is 16.3 Å². The van der Waals surface area contributed by atoms with Gasteiger partial charge in [0.05, 0.1) is 0 Å². The minimum Gasteiger partial charge on any atom is -0.454 e. The van der Waals surface area contributed by atoms with Crippen LogP contribution in [0.15, 0.2) is 54.6 Å². The van der Waals surface area contributed by atoms with E-state index in [1.54, 1.807) is 17.0 Å². The van der Waals surface area contributed by atoms with Gasteiger partial charge in [-0.15, -0.1) is 10.2 Å². The maximum atomic E-state index is 12.4. The standard InChI is InChI=1S/C22H18N4O4S/c27-19(9-7-14-6-8-17-18(10-14)30-13-29-17)23-22-25-24-21(31-22)15-11-20(28)26(12-15)16-4-2-1-3-5-16/h1-10,15H,11-13H2,(H,23,25,27)/b9-7+. The lowest BCUT2D eigenvalue weighted by molar-refractivity contribution is -0.117. The van der Waals surface area contributed by atoms with Gasteiger partial charge in [-0.3, -0.25) is 14.9 Å². The molecule has 2 aliphatic rings. The van der Waals surface area contributed by atoms with Gasteiger partial charge in [-0.1, -0.05) is 35.6 Å². The predicted molar refractivity (Wildman–Crippen MR) is 116 cm³/mol. The summed E-state index contributed by atoms with van der Waals surface area (Å²) in [4.78, 5) is 26.4. The van der Waals surface area contributed by atoms with Crippen molar-refractivity contribution in [1.82, 2.24) is 10.2 Å². The molecule has 3 aromatic rings. The number of anilines is 2. The van der Waals surface area contributed by atoms with Crippen LogP contribution in [-0.2, 0) is 9.59 Å². The lowest BCUT2D eigenvalue weighted by atomic mass is 10.1. The lowest BCUT2D eigenvalue weighted by Crippen LogP contribution is -2.24. The highest BCUT2D eigenvalue weighted by Gasteiger charge is 2.33. The van der Waals surface area contributed by atoms with E-state index in [1.165, 1.54) is 17.4 Å². The second-order valence-electron chi connectivity index (χ2n) is 7.12. The Morgan fingerprint density at radius 3 is 2.84 bits per heavy atom. The van der Waals surface area contributed by atoms with Crippen molar-refractivity contribution in [1.29, 1.82) is 0 Å². The topological polar surface area (TPSA) is 93.6 Å². The largest absolute Gasteiger partial charge is 0.454 e. The number of rotatable bonds is 5. The third kappa shape index (κ3) is 4.13. The minimum atomic E-state index is -0.311. The van der Waals surface area contributed by atoms with Crippen molar-refractivity contribution in [3.63, 3.8) is 0 Å². The van der Waals surface area contributed by atoms with E-state index in [0.29, 0.717) is 29.6 Å². The zero-order chi connectivity index (χ0) is 21.2. The molecule has 1 saturated heterocycles. The first-order valence-electron chi connectivity index (χ1n) is 9.73. The Bertz CT molecular complexity index is 1160. The maximum Gasteiger partial charge on any atom is 0.250 e. The molecule has 1 unspecified atom stereocenters. The highest BCUT2D eigenvalue weighted by molar-refractivity contribution is 7.15. The van der Waals surface area contributed by atoms with Gasteiger partial charge in [0.25, 0.3) is 0 Å². The van der Waals surface area contributed by atoms with Crippen molar-refractivity contribution < 1.29 is 19.1 Å². The number of aromatic nitrogens is 2. The number of nitrogens with zero attached hydrogens (tertiary/aromatic N) is 3. The Labute approximate surface area is 182 Å². The molecule has 1 N–H and O–H groups in total. The summed E-state index contributed by atoms with van der Waals surface area (Å²) >= 11 is 1.29. The van der Waals surface area contributed by atoms with Crippen LogP contribution in [0.3, 0.4) is 0 Å². The van der Waals surface area contributed by atoms with E-state index in [9.17, 15) is 9.59 Å². The average molecular weight is 434 g/mol. The normalized spacial score (nSPS) is 17.5. The van der Waals surface area contributed by atoms with Crippen LogP contribution in [0.4, 0.5) is 10.8 Å². The zero-order valence-corrected chi connectivity index (χ0v) is 17.2. The summed E-state index contributed by atoms with van der Waals surface area (Å²) in [6, 6.07) is 15.0. The summed E-state index contributed by atoms with van der Waals surface area (Å²) in [5.74, 6) is 1.06. The Morgan fingerprint density at radius 2 is 1.97 bits per heavy atom. The molecule has 3 heterocycles. The molecule has 0 spiro atoms. The molecular weight excluding hydrogens is 416 g/mol. The first kappa shape index (κ1) is 19.3. The molecule has 0 radical (unpaired) electrons. The number of hydrogen-bond donors (Lipinski definition) is 1. The van der Waals surface area contributed by atoms with E-state index >= 15 is 0 Å². The number of carbonyl (C=O) groups excluding carboxylic acids is 2. The molecule has 8 nitrogen and oxygen atoms in total. The fourth-order valence-electron chi connectivity index (χ4n) is 3.52. The number of nitrogens with one attached hydrogen (secondary N) is 1. The molecule has 0 aliphatic carbocycles. The molecule has 0 bridgehead atoms. The molecule has 1 aromatic heterocycles. The summed E-state index contributed by atoms with van der Waals surface area (Å²) in [6.07, 6.45) is 3.49. The Kier molecular flexibility index (Phi) is 5.09. The van der Waals surface area contributed by atoms with Crippen LogP contribution >= 0.6 is 11.3 Å². The van der Waals surface area contributed by atoms with Crippen molar-refractivity contribution in [3.8, 4) is 11.5 Å². The van der Waals surface area contributed by atoms with Gasteiger partial charge in [0.15, 0.2) is 11.5 Å². The SMILES string of the molecule is O=C(/C=C/c1ccc2c(c1)OCO2)Nc1nnc(C2CC(=O)N(c3ccccc3)C2)s1. The summed E-state index contributed by atoms with van der Waals surface area (Å²) in [7, 11) is 0. The maximum absolute atomic E-state index is 12.4. The summed E-state index contributed by atoms with van der Waals surface area (Å²) < 4.78 is 10.6. The van der Waals surface area contributed by atoms with E-state index in [2.05, 4.69) is 15.5 Å². The van der Waals surface area contributed by atoms with Crippen LogP contribution in [0.1, 0.15) is 22.9 Å². The average Bonchev–Trinajstić information content (AvgIpc) is 3.52. The summed E-state index contributed by atoms with van der Waals surface area (Å²) in [5.41, 5.74) is 1.70. The van der Waals surface area contributed by atoms with E-state index < -0.39 is 0 Å². The molecule has 9 heteroatoms. The highest BCUT2D eigenvalue weighted by atomic mass is 32.1. The fourth-order valence-corrected chi connectivity index (χ4v) is 4.35. The Morgan fingerprint density at radius 1 is 1.13 bits per heavy atom. The second-order valence-corrected chi connectivity index (χ2v) is 8.13. The van der Waals surface area contributed by atoms with Gasteiger partial charge >= 0.3 is 0 Å². The molecular formula is C22H18N4O4S. The molecule has 2 aliphatic heterocycles. The third-order valence-corrected chi connectivity index (χ3v) is 6.04. The van der Waals surface area contributed by atoms with E-state index in [-0.39, 0.29) is 24.5 Å². The minimum absolute atomic E-state index is 0.0416. The molecule has 0 saturated carbocycles. The quantitative estimate of drug-likeness (QED) is 0.619. The number of ether oxygens (including phenoxy) is 2. The zero-order valence-electron chi connectivity index (χ0n) is 16.4. The molecule has 1 fully saturated rings. The van der Waals surface area contributed by atoms with Gasteiger partial charge in [0.2, 0.25) is 23.7 Å². The van der Waals surface area contributed by atoms with Crippen LogP contribution in [0.2, 0.25) is 0 Å². The Hall–Kier alpha value is -3.72. The fraction of sp³-hybridized carbons (Fsp3) is 0.182. The monoisotopic (exact) mass is 434 g/mol. The van der Waals surface area contributed by atoms with Crippen LogP contribution in [-0.4, -0.2) is 35.3 Å². The van der Waals surface area contributed by atoms with Crippen molar-refractivity contribution in [3.05, 3.63) is 65.2 Å². The summed E-state index contributed by atoms with van der Waals surface area (Å²) in [6.45, 7) is 0.757. The molecule has 2 amide bonds. The third-order valence-electron chi connectivity index (χ3n) is 5.04.